The van der Waals surface area contributed by atoms with Crippen molar-refractivity contribution in [1.82, 2.24) is 4.90 Å². The quantitative estimate of drug-likeness (QED) is 0.867. The molecule has 1 heterocycles. The second kappa shape index (κ2) is 8.04. The molecule has 0 radical (unpaired) electrons. The van der Waals surface area contributed by atoms with E-state index in [1.54, 1.807) is 6.07 Å². The summed E-state index contributed by atoms with van der Waals surface area (Å²) < 4.78 is 5.73. The van der Waals surface area contributed by atoms with Crippen molar-refractivity contribution in [2.24, 2.45) is 0 Å². The van der Waals surface area contributed by atoms with Gasteiger partial charge in [0.25, 0.3) is 5.91 Å². The molecule has 0 aromatic heterocycles. The first-order valence-electron chi connectivity index (χ1n) is 8.92. The minimum absolute atomic E-state index is 0.00381. The van der Waals surface area contributed by atoms with E-state index in [2.05, 4.69) is 5.32 Å². The van der Waals surface area contributed by atoms with Crippen LogP contribution in [0.25, 0.3) is 0 Å². The highest BCUT2D eigenvalue weighted by molar-refractivity contribution is 5.94. The topological polar surface area (TPSA) is 58.6 Å². The van der Waals surface area contributed by atoms with E-state index < -0.39 is 0 Å². The highest BCUT2D eigenvalue weighted by Crippen LogP contribution is 2.26. The Bertz CT molecular complexity index is 787. The monoisotopic (exact) mass is 352 g/mol. The van der Waals surface area contributed by atoms with Gasteiger partial charge in [-0.3, -0.25) is 9.59 Å². The van der Waals surface area contributed by atoms with Gasteiger partial charge in [-0.15, -0.1) is 0 Å². The van der Waals surface area contributed by atoms with E-state index in [4.69, 9.17) is 4.74 Å². The number of amides is 2. The van der Waals surface area contributed by atoms with E-state index in [1.165, 1.54) is 0 Å². The molecule has 5 nitrogen and oxygen atoms in total. The minimum atomic E-state index is -0.0464. The van der Waals surface area contributed by atoms with Crippen molar-refractivity contribution in [3.8, 4) is 5.75 Å². The fourth-order valence-electron chi connectivity index (χ4n) is 3.02. The van der Waals surface area contributed by atoms with Crippen LogP contribution in [0.4, 0.5) is 5.69 Å². The van der Waals surface area contributed by atoms with Gasteiger partial charge in [0.15, 0.2) is 6.61 Å². The standard InChI is InChI=1S/C21H24N2O3/c1-15(2)23(13-16-6-4-3-5-7-16)21(25)14-26-18-9-10-19-17(12-18)8-11-20(24)22-19/h3-7,9-10,12,15H,8,11,13-14H2,1-2H3,(H,22,24). The molecular weight excluding hydrogens is 328 g/mol. The molecule has 0 atom stereocenters. The van der Waals surface area contributed by atoms with Crippen molar-refractivity contribution < 1.29 is 14.3 Å². The van der Waals surface area contributed by atoms with E-state index in [9.17, 15) is 9.59 Å². The maximum Gasteiger partial charge on any atom is 0.261 e. The van der Waals surface area contributed by atoms with Gasteiger partial charge in [0.2, 0.25) is 5.91 Å². The van der Waals surface area contributed by atoms with Crippen LogP contribution in [-0.2, 0) is 22.6 Å². The minimum Gasteiger partial charge on any atom is -0.484 e. The molecule has 0 spiro atoms. The fourth-order valence-corrected chi connectivity index (χ4v) is 3.02. The molecule has 0 saturated carbocycles. The van der Waals surface area contributed by atoms with Crippen LogP contribution in [-0.4, -0.2) is 29.4 Å². The maximum atomic E-state index is 12.6. The van der Waals surface area contributed by atoms with Crippen LogP contribution < -0.4 is 10.1 Å². The average molecular weight is 352 g/mol. The van der Waals surface area contributed by atoms with E-state index >= 15 is 0 Å². The number of carbonyl (C=O) groups excluding carboxylic acids is 2. The molecule has 2 aromatic carbocycles. The van der Waals surface area contributed by atoms with Crippen LogP contribution in [0, 0.1) is 0 Å². The van der Waals surface area contributed by atoms with E-state index in [1.807, 2.05) is 61.2 Å². The first-order chi connectivity index (χ1) is 12.5. The zero-order valence-electron chi connectivity index (χ0n) is 15.2. The second-order valence-electron chi connectivity index (χ2n) is 6.76. The second-order valence-corrected chi connectivity index (χ2v) is 6.76. The molecule has 1 aliphatic heterocycles. The number of nitrogens with one attached hydrogen (secondary N) is 1. The van der Waals surface area contributed by atoms with E-state index in [-0.39, 0.29) is 24.5 Å². The van der Waals surface area contributed by atoms with Crippen LogP contribution in [0.15, 0.2) is 48.5 Å². The summed E-state index contributed by atoms with van der Waals surface area (Å²) in [6, 6.07) is 15.5. The normalized spacial score (nSPS) is 13.1. The van der Waals surface area contributed by atoms with Gasteiger partial charge >= 0.3 is 0 Å². The number of ether oxygens (including phenoxy) is 1. The summed E-state index contributed by atoms with van der Waals surface area (Å²) in [7, 11) is 0. The van der Waals surface area contributed by atoms with Crippen molar-refractivity contribution in [3.63, 3.8) is 0 Å². The molecule has 0 saturated heterocycles. The molecule has 0 aliphatic carbocycles. The molecule has 136 valence electrons. The van der Waals surface area contributed by atoms with Crippen LogP contribution in [0.5, 0.6) is 5.75 Å². The number of nitrogens with zero attached hydrogens (tertiary/aromatic N) is 1. The fraction of sp³-hybridized carbons (Fsp3) is 0.333. The number of fused-ring (bicyclic) bond motifs is 1. The predicted molar refractivity (Wildman–Crippen MR) is 101 cm³/mol. The molecule has 1 aliphatic rings. The zero-order chi connectivity index (χ0) is 18.5. The summed E-state index contributed by atoms with van der Waals surface area (Å²) in [4.78, 5) is 25.9. The van der Waals surface area contributed by atoms with Gasteiger partial charge in [-0.25, -0.2) is 0 Å². The molecule has 1 N–H and O–H groups in total. The number of aryl methyl sites for hydroxylation is 1. The van der Waals surface area contributed by atoms with Gasteiger partial charge in [-0.2, -0.15) is 0 Å². The van der Waals surface area contributed by atoms with Crippen LogP contribution >= 0.6 is 0 Å². The molecular formula is C21H24N2O3. The molecule has 0 unspecified atom stereocenters. The summed E-state index contributed by atoms with van der Waals surface area (Å²) in [5, 5.41) is 2.84. The van der Waals surface area contributed by atoms with Crippen molar-refractivity contribution in [2.75, 3.05) is 11.9 Å². The molecule has 0 fully saturated rings. The lowest BCUT2D eigenvalue weighted by molar-refractivity contribution is -0.135. The van der Waals surface area contributed by atoms with Crippen molar-refractivity contribution >= 4 is 17.5 Å². The number of hydrogen-bond donors (Lipinski definition) is 1. The van der Waals surface area contributed by atoms with Crippen LogP contribution in [0.2, 0.25) is 0 Å². The van der Waals surface area contributed by atoms with Crippen LogP contribution in [0.3, 0.4) is 0 Å². The molecule has 2 amide bonds. The molecule has 26 heavy (non-hydrogen) atoms. The van der Waals surface area contributed by atoms with Gasteiger partial charge in [-0.1, -0.05) is 30.3 Å². The molecule has 3 rings (SSSR count). The Balaban J connectivity index is 1.62. The first kappa shape index (κ1) is 18.0. The number of anilines is 1. The number of hydrogen-bond acceptors (Lipinski definition) is 3. The van der Waals surface area contributed by atoms with Gasteiger partial charge in [0.1, 0.15) is 5.75 Å². The highest BCUT2D eigenvalue weighted by Gasteiger charge is 2.19. The van der Waals surface area contributed by atoms with Gasteiger partial charge in [0, 0.05) is 24.7 Å². The van der Waals surface area contributed by atoms with E-state index in [0.29, 0.717) is 25.1 Å². The Kier molecular flexibility index (Phi) is 5.56. The summed E-state index contributed by atoms with van der Waals surface area (Å²) >= 11 is 0. The summed E-state index contributed by atoms with van der Waals surface area (Å²) in [6.07, 6.45) is 1.17. The molecule has 2 aromatic rings. The lowest BCUT2D eigenvalue weighted by Crippen LogP contribution is -2.39. The summed E-state index contributed by atoms with van der Waals surface area (Å²) in [6.45, 7) is 4.57. The van der Waals surface area contributed by atoms with Crippen molar-refractivity contribution in [3.05, 3.63) is 59.7 Å². The van der Waals surface area contributed by atoms with Gasteiger partial charge in [-0.05, 0) is 49.6 Å². The highest BCUT2D eigenvalue weighted by atomic mass is 16.5. The number of rotatable bonds is 6. The van der Waals surface area contributed by atoms with Crippen molar-refractivity contribution in [2.45, 2.75) is 39.3 Å². The average Bonchev–Trinajstić information content (AvgIpc) is 2.64. The van der Waals surface area contributed by atoms with Gasteiger partial charge < -0.3 is 15.0 Å². The summed E-state index contributed by atoms with van der Waals surface area (Å²) in [5.41, 5.74) is 2.96. The van der Waals surface area contributed by atoms with Crippen LogP contribution in [0.1, 0.15) is 31.4 Å². The Morgan fingerprint density at radius 1 is 1.15 bits per heavy atom. The van der Waals surface area contributed by atoms with Crippen molar-refractivity contribution in [1.29, 1.82) is 0 Å². The largest absolute Gasteiger partial charge is 0.484 e. The van der Waals surface area contributed by atoms with E-state index in [0.717, 1.165) is 16.8 Å². The Labute approximate surface area is 154 Å². The third-order valence-electron chi connectivity index (χ3n) is 4.47. The number of benzene rings is 2. The smallest absolute Gasteiger partial charge is 0.261 e. The molecule has 0 bridgehead atoms. The van der Waals surface area contributed by atoms with Gasteiger partial charge in [0.05, 0.1) is 0 Å². The number of carbonyl (C=O) groups is 2. The Hall–Kier alpha value is -2.82. The summed E-state index contributed by atoms with van der Waals surface area (Å²) in [5.74, 6) is 0.640. The lowest BCUT2D eigenvalue weighted by atomic mass is 10.0. The molecule has 5 heteroatoms. The first-order valence-corrected chi connectivity index (χ1v) is 8.92. The third-order valence-corrected chi connectivity index (χ3v) is 4.47. The lowest BCUT2D eigenvalue weighted by Gasteiger charge is -2.27. The zero-order valence-corrected chi connectivity index (χ0v) is 15.2. The third kappa shape index (κ3) is 4.42. The maximum absolute atomic E-state index is 12.6. The Morgan fingerprint density at radius 2 is 1.92 bits per heavy atom. The SMILES string of the molecule is CC(C)N(Cc1ccccc1)C(=O)COc1ccc2c(c1)CCC(=O)N2. The predicted octanol–water partition coefficient (Wildman–Crippen LogP) is 3.39. The Morgan fingerprint density at radius 3 is 2.65 bits per heavy atom.